The van der Waals surface area contributed by atoms with E-state index in [-0.39, 0.29) is 5.91 Å². The Morgan fingerprint density at radius 1 is 1.10 bits per heavy atom. The van der Waals surface area contributed by atoms with Gasteiger partial charge in [0.15, 0.2) is 0 Å². The van der Waals surface area contributed by atoms with E-state index in [1.54, 1.807) is 26.1 Å². The summed E-state index contributed by atoms with van der Waals surface area (Å²) in [5.74, 6) is -0.0248. The molecule has 0 aliphatic heterocycles. The molecule has 4 heteroatoms. The van der Waals surface area contributed by atoms with Gasteiger partial charge in [0.2, 0.25) is 0 Å². The summed E-state index contributed by atoms with van der Waals surface area (Å²) in [5, 5.41) is 0.691. The Bertz CT molecular complexity index is 636. The van der Waals surface area contributed by atoms with Crippen LogP contribution in [0.5, 0.6) is 0 Å². The summed E-state index contributed by atoms with van der Waals surface area (Å²) < 4.78 is 5.19. The lowest BCUT2D eigenvalue weighted by atomic mass is 9.99. The number of methoxy groups -OCH3 is 1. The molecule has 1 amide bonds. The van der Waals surface area contributed by atoms with E-state index in [2.05, 4.69) is 0 Å². The van der Waals surface area contributed by atoms with Crippen LogP contribution in [0.25, 0.3) is 11.1 Å². The number of benzene rings is 2. The van der Waals surface area contributed by atoms with Crippen molar-refractivity contribution in [3.8, 4) is 11.1 Å². The second-order valence-corrected chi connectivity index (χ2v) is 5.49. The van der Waals surface area contributed by atoms with Crippen LogP contribution in [-0.4, -0.2) is 32.0 Å². The first kappa shape index (κ1) is 15.5. The molecule has 0 aromatic heterocycles. The van der Waals surface area contributed by atoms with E-state index in [1.165, 1.54) is 0 Å². The van der Waals surface area contributed by atoms with Gasteiger partial charge in [-0.05, 0) is 47.0 Å². The minimum Gasteiger partial charge on any atom is -0.380 e. The van der Waals surface area contributed by atoms with E-state index in [9.17, 15) is 4.79 Å². The maximum Gasteiger partial charge on any atom is 0.253 e. The molecule has 0 aliphatic carbocycles. The third kappa shape index (κ3) is 3.84. The zero-order valence-electron chi connectivity index (χ0n) is 12.4. The Morgan fingerprint density at radius 3 is 2.33 bits per heavy atom. The topological polar surface area (TPSA) is 29.5 Å². The molecule has 21 heavy (non-hydrogen) atoms. The number of carbonyl (C=O) groups is 1. The van der Waals surface area contributed by atoms with Crippen molar-refractivity contribution in [1.82, 2.24) is 4.90 Å². The van der Waals surface area contributed by atoms with Crippen molar-refractivity contribution in [2.75, 3.05) is 21.2 Å². The molecule has 0 atom stereocenters. The maximum absolute atomic E-state index is 12.2. The van der Waals surface area contributed by atoms with E-state index in [4.69, 9.17) is 16.3 Å². The fourth-order valence-electron chi connectivity index (χ4n) is 2.13. The summed E-state index contributed by atoms with van der Waals surface area (Å²) in [5.41, 5.74) is 3.62. The van der Waals surface area contributed by atoms with Crippen molar-refractivity contribution < 1.29 is 9.53 Å². The first-order valence-corrected chi connectivity index (χ1v) is 6.99. The summed E-state index contributed by atoms with van der Waals surface area (Å²) in [6.07, 6.45) is 0. The van der Waals surface area contributed by atoms with Crippen LogP contribution in [-0.2, 0) is 11.3 Å². The number of amides is 1. The van der Waals surface area contributed by atoms with Gasteiger partial charge in [0.1, 0.15) is 0 Å². The van der Waals surface area contributed by atoms with E-state index in [0.29, 0.717) is 17.2 Å². The molecule has 0 saturated heterocycles. The molecule has 0 heterocycles. The van der Waals surface area contributed by atoms with Crippen molar-refractivity contribution in [2.24, 2.45) is 0 Å². The predicted octanol–water partition coefficient (Wildman–Crippen LogP) is 3.86. The Morgan fingerprint density at radius 2 is 1.76 bits per heavy atom. The van der Waals surface area contributed by atoms with Gasteiger partial charge in [-0.15, -0.1) is 0 Å². The Balaban J connectivity index is 2.49. The Labute approximate surface area is 130 Å². The molecular formula is C17H18ClNO2. The number of hydrogen-bond acceptors (Lipinski definition) is 2. The lowest BCUT2D eigenvalue weighted by Crippen LogP contribution is -2.21. The van der Waals surface area contributed by atoms with E-state index in [0.717, 1.165) is 16.7 Å². The second kappa shape index (κ2) is 6.74. The molecular weight excluding hydrogens is 286 g/mol. The molecule has 3 nitrogen and oxygen atoms in total. The second-order valence-electron chi connectivity index (χ2n) is 5.06. The van der Waals surface area contributed by atoms with Crippen LogP contribution >= 0.6 is 11.6 Å². The predicted molar refractivity (Wildman–Crippen MR) is 85.6 cm³/mol. The molecule has 0 aliphatic rings. The van der Waals surface area contributed by atoms with Crippen LogP contribution in [0, 0.1) is 0 Å². The number of ether oxygens (including phenoxy) is 1. The summed E-state index contributed by atoms with van der Waals surface area (Å²) in [6.45, 7) is 0.467. The molecule has 2 aromatic rings. The van der Waals surface area contributed by atoms with Crippen LogP contribution in [0.1, 0.15) is 15.9 Å². The molecule has 2 aromatic carbocycles. The van der Waals surface area contributed by atoms with Crippen molar-refractivity contribution in [2.45, 2.75) is 6.61 Å². The number of halogens is 1. The van der Waals surface area contributed by atoms with Gasteiger partial charge in [-0.1, -0.05) is 23.7 Å². The summed E-state index contributed by atoms with van der Waals surface area (Å²) in [6, 6.07) is 13.4. The monoisotopic (exact) mass is 303 g/mol. The molecule has 0 N–H and O–H groups in total. The average Bonchev–Trinajstić information content (AvgIpc) is 2.47. The number of rotatable bonds is 4. The highest BCUT2D eigenvalue weighted by atomic mass is 35.5. The van der Waals surface area contributed by atoms with Gasteiger partial charge in [0.05, 0.1) is 6.61 Å². The quantitative estimate of drug-likeness (QED) is 0.858. The van der Waals surface area contributed by atoms with Crippen molar-refractivity contribution in [3.05, 3.63) is 58.6 Å². The molecule has 0 radical (unpaired) electrons. The number of nitrogens with zero attached hydrogens (tertiary/aromatic N) is 1. The minimum absolute atomic E-state index is 0.0248. The summed E-state index contributed by atoms with van der Waals surface area (Å²) in [4.78, 5) is 13.8. The minimum atomic E-state index is -0.0248. The van der Waals surface area contributed by atoms with Gasteiger partial charge in [-0.25, -0.2) is 0 Å². The largest absolute Gasteiger partial charge is 0.380 e. The molecule has 110 valence electrons. The van der Waals surface area contributed by atoms with Crippen molar-refractivity contribution in [1.29, 1.82) is 0 Å². The number of carbonyl (C=O) groups excluding carboxylic acids is 1. The third-order valence-electron chi connectivity index (χ3n) is 3.13. The highest BCUT2D eigenvalue weighted by Gasteiger charge is 2.11. The summed E-state index contributed by atoms with van der Waals surface area (Å²) >= 11 is 5.92. The highest BCUT2D eigenvalue weighted by molar-refractivity contribution is 6.30. The molecule has 0 unspecified atom stereocenters. The fourth-order valence-corrected chi connectivity index (χ4v) is 2.26. The lowest BCUT2D eigenvalue weighted by Gasteiger charge is -2.13. The Kier molecular flexibility index (Phi) is 4.99. The molecule has 2 rings (SSSR count). The maximum atomic E-state index is 12.2. The fraction of sp³-hybridized carbons (Fsp3) is 0.235. The number of hydrogen-bond donors (Lipinski definition) is 0. The highest BCUT2D eigenvalue weighted by Crippen LogP contribution is 2.25. The SMILES string of the molecule is COCc1cc(C(=O)N(C)C)cc(-c2ccc(Cl)cc2)c1. The van der Waals surface area contributed by atoms with E-state index < -0.39 is 0 Å². The van der Waals surface area contributed by atoms with Crippen molar-refractivity contribution in [3.63, 3.8) is 0 Å². The Hall–Kier alpha value is -1.84. The van der Waals surface area contributed by atoms with Crippen LogP contribution in [0.2, 0.25) is 5.02 Å². The van der Waals surface area contributed by atoms with Gasteiger partial charge in [0, 0.05) is 31.8 Å². The van der Waals surface area contributed by atoms with Gasteiger partial charge in [0.25, 0.3) is 5.91 Å². The zero-order valence-corrected chi connectivity index (χ0v) is 13.1. The molecule has 0 spiro atoms. The average molecular weight is 304 g/mol. The van der Waals surface area contributed by atoms with Crippen LogP contribution in [0.15, 0.2) is 42.5 Å². The van der Waals surface area contributed by atoms with E-state index in [1.807, 2.05) is 42.5 Å². The molecule has 0 fully saturated rings. The van der Waals surface area contributed by atoms with Gasteiger partial charge in [-0.2, -0.15) is 0 Å². The van der Waals surface area contributed by atoms with Gasteiger partial charge in [-0.3, -0.25) is 4.79 Å². The smallest absolute Gasteiger partial charge is 0.253 e. The van der Waals surface area contributed by atoms with Crippen molar-refractivity contribution >= 4 is 17.5 Å². The zero-order chi connectivity index (χ0) is 15.4. The van der Waals surface area contributed by atoms with Gasteiger partial charge >= 0.3 is 0 Å². The van der Waals surface area contributed by atoms with Crippen LogP contribution in [0.3, 0.4) is 0 Å². The molecule has 0 bridgehead atoms. The van der Waals surface area contributed by atoms with Crippen LogP contribution < -0.4 is 0 Å². The van der Waals surface area contributed by atoms with Crippen LogP contribution in [0.4, 0.5) is 0 Å². The third-order valence-corrected chi connectivity index (χ3v) is 3.39. The normalized spacial score (nSPS) is 10.5. The standard InChI is InChI=1S/C17H18ClNO2/c1-19(2)17(20)15-9-12(11-21-3)8-14(10-15)13-4-6-16(18)7-5-13/h4-10H,11H2,1-3H3. The van der Waals surface area contributed by atoms with E-state index >= 15 is 0 Å². The van der Waals surface area contributed by atoms with Gasteiger partial charge < -0.3 is 9.64 Å². The lowest BCUT2D eigenvalue weighted by molar-refractivity contribution is 0.0827. The first-order chi connectivity index (χ1) is 10.0. The first-order valence-electron chi connectivity index (χ1n) is 6.62. The summed E-state index contributed by atoms with van der Waals surface area (Å²) in [7, 11) is 5.13. The molecule has 0 saturated carbocycles.